The Morgan fingerprint density at radius 3 is 2.56 bits per heavy atom. The van der Waals surface area contributed by atoms with Gasteiger partial charge in [0, 0.05) is 18.9 Å². The number of imide groups is 2. The number of halogens is 1. The van der Waals surface area contributed by atoms with E-state index in [-0.39, 0.29) is 42.9 Å². The van der Waals surface area contributed by atoms with Crippen molar-refractivity contribution in [2.45, 2.75) is 44.6 Å². The Kier molecular flexibility index (Phi) is 9.55. The molecule has 34 heavy (non-hydrogen) atoms. The number of carbonyl (C=O) groups is 5. The molecule has 0 aromatic heterocycles. The van der Waals surface area contributed by atoms with Crippen molar-refractivity contribution in [3.05, 3.63) is 29.3 Å². The molecular weight excluding hydrogens is 466 g/mol. The molecule has 1 fully saturated rings. The predicted octanol–water partition coefficient (Wildman–Crippen LogP) is 1.86. The van der Waals surface area contributed by atoms with Gasteiger partial charge in [-0.25, -0.2) is 0 Å². The van der Waals surface area contributed by atoms with Crippen molar-refractivity contribution < 1.29 is 33.4 Å². The third-order valence-electron chi connectivity index (χ3n) is 5.52. The Hall–Kier alpha value is -2.82. The highest BCUT2D eigenvalue weighted by Crippen LogP contribution is 2.32. The number of nitrogens with zero attached hydrogens (tertiary/aromatic N) is 1. The molecular formula is C23H28ClN3O7. The Morgan fingerprint density at radius 2 is 1.79 bits per heavy atom. The molecule has 10 nitrogen and oxygen atoms in total. The van der Waals surface area contributed by atoms with Gasteiger partial charge in [-0.15, -0.1) is 11.6 Å². The molecule has 5 amide bonds. The van der Waals surface area contributed by atoms with Crippen LogP contribution in [-0.4, -0.2) is 72.8 Å². The number of hydrogen-bond donors (Lipinski definition) is 2. The van der Waals surface area contributed by atoms with Gasteiger partial charge in [-0.05, 0) is 31.4 Å². The minimum Gasteiger partial charge on any atom is -0.379 e. The van der Waals surface area contributed by atoms with E-state index in [4.69, 9.17) is 21.1 Å². The lowest BCUT2D eigenvalue weighted by atomic mass is 10.0. The maximum atomic E-state index is 13.0. The summed E-state index contributed by atoms with van der Waals surface area (Å²) in [6.07, 6.45) is 4.16. The molecule has 1 aromatic carbocycles. The van der Waals surface area contributed by atoms with E-state index in [1.807, 2.05) is 0 Å². The van der Waals surface area contributed by atoms with Gasteiger partial charge in [0.1, 0.15) is 12.6 Å². The molecule has 0 bridgehead atoms. The number of unbranched alkanes of at least 4 members (excludes halogenated alkanes) is 3. The highest BCUT2D eigenvalue weighted by Gasteiger charge is 2.45. The zero-order valence-electron chi connectivity index (χ0n) is 18.8. The van der Waals surface area contributed by atoms with E-state index in [1.54, 1.807) is 0 Å². The number of piperidine rings is 1. The molecule has 3 rings (SSSR count). The van der Waals surface area contributed by atoms with Crippen LogP contribution in [0, 0.1) is 0 Å². The molecule has 1 atom stereocenters. The fourth-order valence-corrected chi connectivity index (χ4v) is 4.03. The Balaban J connectivity index is 1.48. The molecule has 1 aromatic rings. The van der Waals surface area contributed by atoms with Crippen LogP contribution in [0.25, 0.3) is 0 Å². The van der Waals surface area contributed by atoms with Gasteiger partial charge >= 0.3 is 0 Å². The van der Waals surface area contributed by atoms with Crippen molar-refractivity contribution in [2.75, 3.05) is 37.6 Å². The molecule has 0 radical (unpaired) electrons. The minimum atomic E-state index is -1.07. The molecule has 2 N–H and O–H groups in total. The topological polar surface area (TPSA) is 131 Å². The van der Waals surface area contributed by atoms with Gasteiger partial charge in [0.05, 0.1) is 30.0 Å². The van der Waals surface area contributed by atoms with Crippen LogP contribution in [0.2, 0.25) is 0 Å². The van der Waals surface area contributed by atoms with E-state index in [9.17, 15) is 24.0 Å². The highest BCUT2D eigenvalue weighted by atomic mass is 35.5. The number of alkyl halides is 1. The SMILES string of the molecule is O=C1CCC(N2C(=O)c3cccc(NC(=O)COCCOCCCCCCCl)c3C2=O)C(=O)N1. The van der Waals surface area contributed by atoms with E-state index in [0.29, 0.717) is 19.1 Å². The first-order chi connectivity index (χ1) is 16.4. The molecule has 1 saturated heterocycles. The number of carbonyl (C=O) groups excluding carboxylic acids is 5. The summed E-state index contributed by atoms with van der Waals surface area (Å²) in [7, 11) is 0. The van der Waals surface area contributed by atoms with Crippen LogP contribution in [0.15, 0.2) is 18.2 Å². The first kappa shape index (κ1) is 25.8. The summed E-state index contributed by atoms with van der Waals surface area (Å²) in [5.41, 5.74) is 0.267. The quantitative estimate of drug-likeness (QED) is 0.243. The van der Waals surface area contributed by atoms with Gasteiger partial charge in [-0.2, -0.15) is 0 Å². The van der Waals surface area contributed by atoms with Crippen molar-refractivity contribution in [3.63, 3.8) is 0 Å². The largest absolute Gasteiger partial charge is 0.379 e. The molecule has 0 saturated carbocycles. The Bertz CT molecular complexity index is 952. The summed E-state index contributed by atoms with van der Waals surface area (Å²) in [5.74, 6) is -2.28. The number of anilines is 1. The second-order valence-corrected chi connectivity index (χ2v) is 8.37. The summed E-state index contributed by atoms with van der Waals surface area (Å²) in [6, 6.07) is 3.43. The van der Waals surface area contributed by atoms with Gasteiger partial charge < -0.3 is 14.8 Å². The van der Waals surface area contributed by atoms with Crippen LogP contribution in [0.1, 0.15) is 59.2 Å². The number of nitrogens with one attached hydrogen (secondary N) is 2. The van der Waals surface area contributed by atoms with E-state index < -0.39 is 35.6 Å². The summed E-state index contributed by atoms with van der Waals surface area (Å²) in [4.78, 5) is 62.6. The number of fused-ring (bicyclic) bond motifs is 1. The van der Waals surface area contributed by atoms with Gasteiger partial charge in [0.15, 0.2) is 0 Å². The molecule has 2 aliphatic rings. The molecule has 11 heteroatoms. The van der Waals surface area contributed by atoms with E-state index >= 15 is 0 Å². The van der Waals surface area contributed by atoms with Crippen molar-refractivity contribution in [1.82, 2.24) is 10.2 Å². The summed E-state index contributed by atoms with van der Waals surface area (Å²) in [5, 5.41) is 4.74. The molecule has 184 valence electrons. The second-order valence-electron chi connectivity index (χ2n) is 7.99. The monoisotopic (exact) mass is 493 g/mol. The van der Waals surface area contributed by atoms with E-state index in [0.717, 1.165) is 30.6 Å². The van der Waals surface area contributed by atoms with Crippen LogP contribution >= 0.6 is 11.6 Å². The number of benzene rings is 1. The fraction of sp³-hybridized carbons (Fsp3) is 0.522. The minimum absolute atomic E-state index is 0.0167. The number of rotatable bonds is 13. The Morgan fingerprint density at radius 1 is 1.03 bits per heavy atom. The van der Waals surface area contributed by atoms with Crippen molar-refractivity contribution >= 4 is 46.8 Å². The fourth-order valence-electron chi connectivity index (χ4n) is 3.84. The predicted molar refractivity (Wildman–Crippen MR) is 123 cm³/mol. The van der Waals surface area contributed by atoms with Crippen molar-refractivity contribution in [3.8, 4) is 0 Å². The van der Waals surface area contributed by atoms with Gasteiger partial charge in [-0.1, -0.05) is 18.9 Å². The first-order valence-electron chi connectivity index (χ1n) is 11.3. The van der Waals surface area contributed by atoms with Gasteiger partial charge in [0.25, 0.3) is 11.8 Å². The molecule has 0 spiro atoms. The summed E-state index contributed by atoms with van der Waals surface area (Å²) >= 11 is 5.63. The lowest BCUT2D eigenvalue weighted by Gasteiger charge is -2.27. The van der Waals surface area contributed by atoms with Crippen LogP contribution < -0.4 is 10.6 Å². The average molecular weight is 494 g/mol. The molecule has 0 aliphatic carbocycles. The number of amides is 5. The van der Waals surface area contributed by atoms with Crippen molar-refractivity contribution in [2.24, 2.45) is 0 Å². The maximum Gasteiger partial charge on any atom is 0.264 e. The normalized spacial score (nSPS) is 17.7. The zero-order chi connectivity index (χ0) is 24.5. The zero-order valence-corrected chi connectivity index (χ0v) is 19.5. The lowest BCUT2D eigenvalue weighted by Crippen LogP contribution is -2.54. The maximum absolute atomic E-state index is 13.0. The molecule has 1 unspecified atom stereocenters. The summed E-state index contributed by atoms with van der Waals surface area (Å²) < 4.78 is 10.8. The third-order valence-corrected chi connectivity index (χ3v) is 5.79. The van der Waals surface area contributed by atoms with Crippen LogP contribution in [0.5, 0.6) is 0 Å². The second kappa shape index (κ2) is 12.6. The third kappa shape index (κ3) is 6.40. The van der Waals surface area contributed by atoms with E-state index in [1.165, 1.54) is 18.2 Å². The van der Waals surface area contributed by atoms with Gasteiger partial charge in [-0.3, -0.25) is 34.2 Å². The molecule has 2 aliphatic heterocycles. The number of hydrogen-bond acceptors (Lipinski definition) is 7. The molecule has 2 heterocycles. The smallest absolute Gasteiger partial charge is 0.264 e. The average Bonchev–Trinajstić information content (AvgIpc) is 3.06. The van der Waals surface area contributed by atoms with Crippen LogP contribution in [0.4, 0.5) is 5.69 Å². The van der Waals surface area contributed by atoms with Crippen LogP contribution in [-0.2, 0) is 23.9 Å². The van der Waals surface area contributed by atoms with E-state index in [2.05, 4.69) is 10.6 Å². The standard InChI is InChI=1S/C23H28ClN3O7/c24-10-3-1-2-4-11-33-12-13-34-14-19(29)25-16-7-5-6-15-20(16)23(32)27(22(15)31)17-8-9-18(28)26-21(17)30/h5-7,17H,1-4,8-14H2,(H,25,29)(H,26,28,30). The summed E-state index contributed by atoms with van der Waals surface area (Å²) in [6.45, 7) is 0.968. The van der Waals surface area contributed by atoms with Gasteiger partial charge in [0.2, 0.25) is 17.7 Å². The van der Waals surface area contributed by atoms with Crippen molar-refractivity contribution in [1.29, 1.82) is 0 Å². The first-order valence-corrected chi connectivity index (χ1v) is 11.8. The highest BCUT2D eigenvalue weighted by molar-refractivity contribution is 6.26. The number of ether oxygens (including phenoxy) is 2. The lowest BCUT2D eigenvalue weighted by molar-refractivity contribution is -0.136. The Labute approximate surface area is 202 Å². The van der Waals surface area contributed by atoms with Crippen LogP contribution in [0.3, 0.4) is 0 Å².